The molecule has 0 bridgehead atoms. The van der Waals surface area contributed by atoms with Crippen LogP contribution in [0, 0.1) is 8.99 Å². The summed E-state index contributed by atoms with van der Waals surface area (Å²) in [4.78, 5) is 18.8. The van der Waals surface area contributed by atoms with Gasteiger partial charge in [0.1, 0.15) is 15.0 Å². The topological polar surface area (TPSA) is 75.2 Å². The van der Waals surface area contributed by atoms with Crippen molar-refractivity contribution >= 4 is 22.6 Å². The van der Waals surface area contributed by atoms with E-state index < -0.39 is 5.60 Å². The number of hydrogen-bond donors (Lipinski definition) is 2. The zero-order valence-electron chi connectivity index (χ0n) is 12.1. The number of halogens is 1. The Balaban J connectivity index is 2.42. The van der Waals surface area contributed by atoms with Crippen molar-refractivity contribution in [3.63, 3.8) is 0 Å². The first kappa shape index (κ1) is 15.8. The van der Waals surface area contributed by atoms with Crippen LogP contribution in [0.15, 0.2) is 4.79 Å². The smallest absolute Gasteiger partial charge is 0.268 e. The summed E-state index contributed by atoms with van der Waals surface area (Å²) in [6, 6.07) is 0. The molecule has 0 radical (unpaired) electrons. The SMILES string of the molecule is CCOC1(c2nc(O)c(I)c(=O)[nH]2)CCC(C)(C)CC1. The lowest BCUT2D eigenvalue weighted by molar-refractivity contribution is -0.0952. The molecule has 1 aromatic heterocycles. The first-order valence-electron chi connectivity index (χ1n) is 6.93. The second kappa shape index (κ2) is 5.63. The predicted octanol–water partition coefficient (Wildman–Crippen LogP) is 2.91. The van der Waals surface area contributed by atoms with Crippen molar-refractivity contribution in [1.82, 2.24) is 9.97 Å². The van der Waals surface area contributed by atoms with E-state index in [1.54, 1.807) is 22.6 Å². The predicted molar refractivity (Wildman–Crippen MR) is 84.8 cm³/mol. The van der Waals surface area contributed by atoms with Crippen molar-refractivity contribution in [1.29, 1.82) is 0 Å². The van der Waals surface area contributed by atoms with Crippen molar-refractivity contribution in [3.8, 4) is 5.88 Å². The van der Waals surface area contributed by atoms with Crippen LogP contribution < -0.4 is 5.56 Å². The Morgan fingerprint density at radius 3 is 2.45 bits per heavy atom. The maximum atomic E-state index is 11.9. The first-order chi connectivity index (χ1) is 9.30. The fourth-order valence-electron chi connectivity index (χ4n) is 2.72. The summed E-state index contributed by atoms with van der Waals surface area (Å²) in [6.45, 7) is 6.97. The highest BCUT2D eigenvalue weighted by Gasteiger charge is 2.42. The van der Waals surface area contributed by atoms with Gasteiger partial charge in [0.15, 0.2) is 0 Å². The molecule has 0 amide bonds. The Hall–Kier alpha value is -0.630. The lowest BCUT2D eigenvalue weighted by Crippen LogP contribution is -2.40. The molecule has 1 fully saturated rings. The maximum absolute atomic E-state index is 11.9. The highest BCUT2D eigenvalue weighted by molar-refractivity contribution is 14.1. The van der Waals surface area contributed by atoms with Gasteiger partial charge in [-0.25, -0.2) is 0 Å². The number of ether oxygens (including phenoxy) is 1. The number of hydrogen-bond acceptors (Lipinski definition) is 4. The number of nitrogens with one attached hydrogen (secondary N) is 1. The number of H-pyrrole nitrogens is 1. The summed E-state index contributed by atoms with van der Waals surface area (Å²) in [5.74, 6) is 0.242. The normalized spacial score (nSPS) is 20.8. The summed E-state index contributed by atoms with van der Waals surface area (Å²) >= 11 is 1.79. The highest BCUT2D eigenvalue weighted by Crippen LogP contribution is 2.46. The van der Waals surface area contributed by atoms with Crippen molar-refractivity contribution in [2.24, 2.45) is 5.41 Å². The van der Waals surface area contributed by atoms with Crippen LogP contribution >= 0.6 is 22.6 Å². The molecule has 20 heavy (non-hydrogen) atoms. The Morgan fingerprint density at radius 1 is 1.35 bits per heavy atom. The summed E-state index contributed by atoms with van der Waals surface area (Å²) in [5, 5.41) is 9.80. The number of nitrogens with zero attached hydrogens (tertiary/aromatic N) is 1. The molecule has 6 heteroatoms. The molecule has 1 heterocycles. The average Bonchev–Trinajstić information content (AvgIpc) is 2.38. The second-order valence-electron chi connectivity index (χ2n) is 6.14. The molecule has 5 nitrogen and oxygen atoms in total. The summed E-state index contributed by atoms with van der Waals surface area (Å²) in [7, 11) is 0. The van der Waals surface area contributed by atoms with Crippen molar-refractivity contribution in [2.45, 2.75) is 52.1 Å². The van der Waals surface area contributed by atoms with Gasteiger partial charge in [-0.3, -0.25) is 4.79 Å². The van der Waals surface area contributed by atoms with E-state index in [2.05, 4.69) is 23.8 Å². The van der Waals surface area contributed by atoms with E-state index in [1.807, 2.05) is 6.92 Å². The van der Waals surface area contributed by atoms with E-state index >= 15 is 0 Å². The van der Waals surface area contributed by atoms with Gasteiger partial charge < -0.3 is 14.8 Å². The van der Waals surface area contributed by atoms with Crippen LogP contribution in [0.4, 0.5) is 0 Å². The minimum Gasteiger partial charge on any atom is -0.492 e. The lowest BCUT2D eigenvalue weighted by atomic mass is 9.70. The quantitative estimate of drug-likeness (QED) is 0.776. The third-order valence-corrected chi connectivity index (χ3v) is 5.08. The lowest BCUT2D eigenvalue weighted by Gasteiger charge is -2.42. The number of aromatic amines is 1. The molecule has 1 aliphatic carbocycles. The largest absolute Gasteiger partial charge is 0.492 e. The molecule has 1 aromatic rings. The fraction of sp³-hybridized carbons (Fsp3) is 0.714. The molecule has 0 aliphatic heterocycles. The molecule has 0 atom stereocenters. The monoisotopic (exact) mass is 392 g/mol. The van der Waals surface area contributed by atoms with Gasteiger partial charge in [-0.15, -0.1) is 0 Å². The highest BCUT2D eigenvalue weighted by atomic mass is 127. The summed E-state index contributed by atoms with van der Waals surface area (Å²) < 4.78 is 6.17. The van der Waals surface area contributed by atoms with Gasteiger partial charge in [-0.2, -0.15) is 4.98 Å². The molecule has 2 rings (SSSR count). The molecule has 0 unspecified atom stereocenters. The zero-order chi connectivity index (χ0) is 15.0. The van der Waals surface area contributed by atoms with Crippen LogP contribution in [0.3, 0.4) is 0 Å². The third kappa shape index (κ3) is 3.00. The Kier molecular flexibility index (Phi) is 4.44. The minimum atomic E-state index is -0.578. The molecule has 0 aromatic carbocycles. The fourth-order valence-corrected chi connectivity index (χ4v) is 2.97. The number of rotatable bonds is 3. The Bertz CT molecular complexity index is 544. The minimum absolute atomic E-state index is 0.215. The van der Waals surface area contributed by atoms with Crippen LogP contribution in [-0.2, 0) is 10.3 Å². The van der Waals surface area contributed by atoms with Gasteiger partial charge >= 0.3 is 0 Å². The number of aromatic hydroxyl groups is 1. The van der Waals surface area contributed by atoms with Gasteiger partial charge in [0, 0.05) is 6.61 Å². The molecule has 2 N–H and O–H groups in total. The van der Waals surface area contributed by atoms with Crippen molar-refractivity contribution in [3.05, 3.63) is 19.7 Å². The van der Waals surface area contributed by atoms with Crippen molar-refractivity contribution < 1.29 is 9.84 Å². The zero-order valence-corrected chi connectivity index (χ0v) is 14.3. The van der Waals surface area contributed by atoms with Gasteiger partial charge in [0.2, 0.25) is 5.88 Å². The van der Waals surface area contributed by atoms with Crippen LogP contribution in [0.25, 0.3) is 0 Å². The van der Waals surface area contributed by atoms with Crippen LogP contribution in [0.2, 0.25) is 0 Å². The van der Waals surface area contributed by atoms with E-state index in [-0.39, 0.29) is 20.4 Å². The first-order valence-corrected chi connectivity index (χ1v) is 8.01. The third-order valence-electron chi connectivity index (χ3n) is 4.11. The molecule has 1 saturated carbocycles. The summed E-state index contributed by atoms with van der Waals surface area (Å²) in [6.07, 6.45) is 3.61. The average molecular weight is 392 g/mol. The van der Waals surface area contributed by atoms with Crippen LogP contribution in [-0.4, -0.2) is 21.7 Å². The molecular formula is C14H21IN2O3. The van der Waals surface area contributed by atoms with Gasteiger partial charge in [0.25, 0.3) is 5.56 Å². The van der Waals surface area contributed by atoms with Crippen LogP contribution in [0.5, 0.6) is 5.88 Å². The van der Waals surface area contributed by atoms with Gasteiger partial charge in [-0.05, 0) is 60.6 Å². The Labute approximate surface area is 132 Å². The molecular weight excluding hydrogens is 371 g/mol. The molecule has 0 spiro atoms. The van der Waals surface area contributed by atoms with E-state index in [0.29, 0.717) is 12.4 Å². The van der Waals surface area contributed by atoms with Gasteiger partial charge in [-0.1, -0.05) is 13.8 Å². The van der Waals surface area contributed by atoms with Crippen molar-refractivity contribution in [2.75, 3.05) is 6.61 Å². The molecule has 112 valence electrons. The van der Waals surface area contributed by atoms with E-state index in [4.69, 9.17) is 4.74 Å². The number of aromatic nitrogens is 2. The standard InChI is InChI=1S/C14H21IN2O3/c1-4-20-14(7-5-13(2,3)6-8-14)12-16-10(18)9(15)11(19)17-12/h4-8H2,1-3H3,(H2,16,17,18,19). The Morgan fingerprint density at radius 2 is 1.95 bits per heavy atom. The van der Waals surface area contributed by atoms with Crippen LogP contribution in [0.1, 0.15) is 52.3 Å². The van der Waals surface area contributed by atoms with E-state index in [1.165, 1.54) is 0 Å². The van der Waals surface area contributed by atoms with E-state index in [9.17, 15) is 9.90 Å². The molecule has 1 aliphatic rings. The maximum Gasteiger partial charge on any atom is 0.268 e. The second-order valence-corrected chi connectivity index (χ2v) is 7.22. The van der Waals surface area contributed by atoms with Gasteiger partial charge in [0.05, 0.1) is 0 Å². The van der Waals surface area contributed by atoms with E-state index in [0.717, 1.165) is 25.7 Å². The molecule has 0 saturated heterocycles. The summed E-state index contributed by atoms with van der Waals surface area (Å²) in [5.41, 5.74) is -0.603.